The summed E-state index contributed by atoms with van der Waals surface area (Å²) in [4.78, 5) is 97.5. The Morgan fingerprint density at radius 3 is 1.85 bits per heavy atom. The molecule has 0 heterocycles. The van der Waals surface area contributed by atoms with Crippen molar-refractivity contribution in [1.29, 1.82) is 0 Å². The van der Waals surface area contributed by atoms with Gasteiger partial charge in [-0.25, -0.2) is 0 Å². The van der Waals surface area contributed by atoms with Gasteiger partial charge in [-0.2, -0.15) is 11.8 Å². The topological polar surface area (TPSA) is 247 Å². The van der Waals surface area contributed by atoms with E-state index in [1.54, 1.807) is 34.6 Å². The van der Waals surface area contributed by atoms with Crippen molar-refractivity contribution >= 4 is 59.1 Å². The van der Waals surface area contributed by atoms with Crippen molar-refractivity contribution in [3.05, 3.63) is 0 Å². The van der Waals surface area contributed by atoms with E-state index in [-0.39, 0.29) is 43.3 Å². The van der Waals surface area contributed by atoms with Crippen LogP contribution in [0.25, 0.3) is 0 Å². The van der Waals surface area contributed by atoms with Gasteiger partial charge in [-0.15, -0.1) is 0 Å². The number of amides is 6. The minimum atomic E-state index is -1.45. The summed E-state index contributed by atoms with van der Waals surface area (Å²) in [6.07, 6.45) is -0.505. The van der Waals surface area contributed by atoms with E-state index < -0.39 is 90.9 Å². The molecule has 7 N–H and O–H groups in total. The predicted octanol–water partition coefficient (Wildman–Crippen LogP) is -1.78. The van der Waals surface area contributed by atoms with Gasteiger partial charge in [0.25, 0.3) is 0 Å². The van der Waals surface area contributed by atoms with Crippen molar-refractivity contribution in [1.82, 2.24) is 31.9 Å². The number of hydrogen-bond acceptors (Lipinski definition) is 12. The van der Waals surface area contributed by atoms with Crippen LogP contribution in [0.15, 0.2) is 0 Å². The Hall–Kier alpha value is -3.93. The van der Waals surface area contributed by atoms with Crippen molar-refractivity contribution in [3.8, 4) is 0 Å². The maximum Gasteiger partial charge on any atom is 0.305 e. The number of nitrogens with one attached hydrogen (secondary N) is 6. The molecule has 0 aliphatic rings. The molecule has 0 saturated heterocycles. The summed E-state index contributed by atoms with van der Waals surface area (Å²) in [6, 6.07) is -4.47. The molecular weight excluding hydrogens is 640 g/mol. The number of aliphatic hydroxyl groups excluding tert-OH is 1. The molecule has 17 nitrogen and oxygen atoms in total. The van der Waals surface area contributed by atoms with Gasteiger partial charge in [-0.3, -0.25) is 38.4 Å². The van der Waals surface area contributed by atoms with E-state index in [9.17, 15) is 43.5 Å². The minimum Gasteiger partial charge on any atom is -0.462 e. The Kier molecular flexibility index (Phi) is 21.4. The van der Waals surface area contributed by atoms with Crippen molar-refractivity contribution < 1.29 is 52.9 Å². The van der Waals surface area contributed by atoms with Crippen LogP contribution in [-0.4, -0.2) is 114 Å². The van der Waals surface area contributed by atoms with Crippen LogP contribution in [0.2, 0.25) is 0 Å². The van der Waals surface area contributed by atoms with E-state index >= 15 is 0 Å². The van der Waals surface area contributed by atoms with E-state index in [2.05, 4.69) is 31.9 Å². The third kappa shape index (κ3) is 18.1. The maximum absolute atomic E-state index is 13.0. The zero-order valence-electron chi connectivity index (χ0n) is 28.1. The molecule has 0 aliphatic carbocycles. The van der Waals surface area contributed by atoms with Gasteiger partial charge in [0.15, 0.2) is 0 Å². The van der Waals surface area contributed by atoms with Gasteiger partial charge >= 0.3 is 11.9 Å². The predicted molar refractivity (Wildman–Crippen MR) is 171 cm³/mol. The molecule has 0 aromatic rings. The van der Waals surface area contributed by atoms with Crippen LogP contribution in [0.4, 0.5) is 0 Å². The second-order valence-electron chi connectivity index (χ2n) is 10.7. The van der Waals surface area contributed by atoms with E-state index in [1.165, 1.54) is 13.8 Å². The Labute approximate surface area is 279 Å². The monoisotopic (exact) mass is 690 g/mol. The van der Waals surface area contributed by atoms with Crippen molar-refractivity contribution in [3.63, 3.8) is 0 Å². The summed E-state index contributed by atoms with van der Waals surface area (Å²) in [7, 11) is 0. The minimum absolute atomic E-state index is 0.0154. The Morgan fingerprint density at radius 1 is 0.702 bits per heavy atom. The molecule has 268 valence electrons. The standard InChI is InChI=1S/C29H50N6O11S/c1-8-22(38)34-21(14-47-13-19(46-24(40)10-3)12-45-23(39)9-2)28(43)35-20(11-36)27(42)31-15-30-26(41)17(6)32-29(44)25(16(4)5)33-18(7)37/h16-17,19-21,25,36H,8-15H2,1-7H3,(H,30,41)(H,31,42)(H,32,44)(H,33,37)(H,34,38)(H,35,43). The molecule has 5 atom stereocenters. The van der Waals surface area contributed by atoms with E-state index in [0.717, 1.165) is 11.8 Å². The molecule has 0 aromatic carbocycles. The highest BCUT2D eigenvalue weighted by molar-refractivity contribution is 7.99. The normalized spacial score (nSPS) is 13.9. The lowest BCUT2D eigenvalue weighted by molar-refractivity contribution is -0.157. The molecule has 0 fully saturated rings. The lowest BCUT2D eigenvalue weighted by Crippen LogP contribution is -2.57. The molecule has 6 amide bonds. The Balaban J connectivity index is 5.17. The summed E-state index contributed by atoms with van der Waals surface area (Å²) < 4.78 is 10.4. The smallest absolute Gasteiger partial charge is 0.305 e. The molecule has 18 heteroatoms. The molecule has 47 heavy (non-hydrogen) atoms. The fourth-order valence-electron chi connectivity index (χ4n) is 3.55. The van der Waals surface area contributed by atoms with Gasteiger partial charge < -0.3 is 46.5 Å². The molecule has 0 aromatic heterocycles. The summed E-state index contributed by atoms with van der Waals surface area (Å²) in [5.41, 5.74) is 0. The maximum atomic E-state index is 13.0. The molecule has 0 spiro atoms. The number of hydrogen-bond donors (Lipinski definition) is 7. The molecule has 0 aliphatic heterocycles. The summed E-state index contributed by atoms with van der Waals surface area (Å²) in [6.45, 7) is 9.53. The van der Waals surface area contributed by atoms with Crippen LogP contribution < -0.4 is 31.9 Å². The lowest BCUT2D eigenvalue weighted by Gasteiger charge is -2.24. The van der Waals surface area contributed by atoms with Crippen molar-refractivity contribution in [2.24, 2.45) is 5.92 Å². The van der Waals surface area contributed by atoms with E-state index in [0.29, 0.717) is 0 Å². The number of aliphatic hydroxyl groups is 1. The second-order valence-corrected chi connectivity index (χ2v) is 11.7. The van der Waals surface area contributed by atoms with Crippen LogP contribution in [0, 0.1) is 5.92 Å². The summed E-state index contributed by atoms with van der Waals surface area (Å²) in [5, 5.41) is 24.4. The molecule has 0 bridgehead atoms. The van der Waals surface area contributed by atoms with Gasteiger partial charge in [0, 0.05) is 37.7 Å². The summed E-state index contributed by atoms with van der Waals surface area (Å²) >= 11 is 1.13. The highest BCUT2D eigenvalue weighted by atomic mass is 32.2. The SMILES string of the molecule is CCC(=O)NC(CSCC(COC(=O)CC)OC(=O)CC)C(=O)NC(CO)C(=O)NCNC(=O)C(C)NC(=O)C(NC(C)=O)C(C)C. The first-order chi connectivity index (χ1) is 22.1. The van der Waals surface area contributed by atoms with Crippen molar-refractivity contribution in [2.75, 3.05) is 31.4 Å². The van der Waals surface area contributed by atoms with Gasteiger partial charge in [0.05, 0.1) is 13.3 Å². The first-order valence-corrected chi connectivity index (χ1v) is 16.5. The van der Waals surface area contributed by atoms with Gasteiger partial charge in [-0.1, -0.05) is 34.6 Å². The number of rotatable bonds is 22. The van der Waals surface area contributed by atoms with E-state index in [1.807, 2.05) is 0 Å². The highest BCUT2D eigenvalue weighted by Crippen LogP contribution is 2.11. The molecule has 0 radical (unpaired) electrons. The van der Waals surface area contributed by atoms with E-state index in [4.69, 9.17) is 9.47 Å². The number of carbonyl (C=O) groups excluding carboxylic acids is 8. The zero-order chi connectivity index (χ0) is 36.1. The van der Waals surface area contributed by atoms with Crippen LogP contribution in [0.3, 0.4) is 0 Å². The Morgan fingerprint density at radius 2 is 1.32 bits per heavy atom. The average molecular weight is 691 g/mol. The average Bonchev–Trinajstić information content (AvgIpc) is 3.02. The van der Waals surface area contributed by atoms with Gasteiger partial charge in [-0.05, 0) is 12.8 Å². The molecule has 0 rings (SSSR count). The fraction of sp³-hybridized carbons (Fsp3) is 0.724. The quantitative estimate of drug-likeness (QED) is 0.0492. The third-order valence-corrected chi connectivity index (χ3v) is 7.44. The number of esters is 2. The Bertz CT molecular complexity index is 1090. The first-order valence-electron chi connectivity index (χ1n) is 15.4. The van der Waals surface area contributed by atoms with Crippen LogP contribution in [-0.2, 0) is 47.8 Å². The second kappa shape index (κ2) is 23.4. The van der Waals surface area contributed by atoms with Crippen LogP contribution >= 0.6 is 11.8 Å². The van der Waals surface area contributed by atoms with Crippen LogP contribution in [0.5, 0.6) is 0 Å². The number of ether oxygens (including phenoxy) is 2. The highest BCUT2D eigenvalue weighted by Gasteiger charge is 2.28. The third-order valence-electron chi connectivity index (χ3n) is 6.27. The molecule has 5 unspecified atom stereocenters. The van der Waals surface area contributed by atoms with Gasteiger partial charge in [0.1, 0.15) is 36.9 Å². The number of carbonyl (C=O) groups is 8. The zero-order valence-corrected chi connectivity index (χ0v) is 28.9. The van der Waals surface area contributed by atoms with Gasteiger partial charge in [0.2, 0.25) is 35.4 Å². The largest absolute Gasteiger partial charge is 0.462 e. The van der Waals surface area contributed by atoms with Crippen molar-refractivity contribution in [2.45, 2.75) is 98.0 Å². The first kappa shape index (κ1) is 43.1. The molecule has 0 saturated carbocycles. The van der Waals surface area contributed by atoms with Crippen LogP contribution in [0.1, 0.15) is 67.7 Å². The number of thioether (sulfide) groups is 1. The lowest BCUT2D eigenvalue weighted by atomic mass is 10.0. The fourth-order valence-corrected chi connectivity index (χ4v) is 4.59. The molecular formula is C29H50N6O11S. The summed E-state index contributed by atoms with van der Waals surface area (Å²) in [5.74, 6) is -4.83.